The molecule has 2 aromatic carbocycles. The van der Waals surface area contributed by atoms with Gasteiger partial charge in [0.25, 0.3) is 0 Å². The van der Waals surface area contributed by atoms with Crippen LogP contribution in [0.1, 0.15) is 65.9 Å². The van der Waals surface area contributed by atoms with Crippen LogP contribution in [0.15, 0.2) is 36.9 Å². The SMILES string of the molecule is C=CC1CCC2CC(c3c(F)cc(C(=O)Oc4cc(F)c(C)c(F)c4)cc3F)CCC2C1. The molecule has 0 amide bonds. The lowest BCUT2D eigenvalue weighted by Crippen LogP contribution is -2.30. The molecule has 0 radical (unpaired) electrons. The van der Waals surface area contributed by atoms with E-state index < -0.39 is 29.2 Å². The van der Waals surface area contributed by atoms with Gasteiger partial charge >= 0.3 is 5.97 Å². The molecular weight excluding hydrogens is 420 g/mol. The Morgan fingerprint density at radius 1 is 0.906 bits per heavy atom. The Morgan fingerprint density at radius 2 is 1.50 bits per heavy atom. The van der Waals surface area contributed by atoms with Crippen LogP contribution in [0.25, 0.3) is 0 Å². The number of carbonyl (C=O) groups is 1. The molecule has 4 unspecified atom stereocenters. The maximum Gasteiger partial charge on any atom is 0.343 e. The monoisotopic (exact) mass is 446 g/mol. The molecule has 2 aliphatic carbocycles. The summed E-state index contributed by atoms with van der Waals surface area (Å²) in [6.07, 6.45) is 7.56. The van der Waals surface area contributed by atoms with Crippen LogP contribution in [0.4, 0.5) is 17.6 Å². The molecule has 2 saturated carbocycles. The number of hydrogen-bond donors (Lipinski definition) is 0. The van der Waals surface area contributed by atoms with Crippen molar-refractivity contribution in [2.75, 3.05) is 0 Å². The van der Waals surface area contributed by atoms with Crippen molar-refractivity contribution in [3.63, 3.8) is 0 Å². The van der Waals surface area contributed by atoms with E-state index in [-0.39, 0.29) is 28.4 Å². The Kier molecular flexibility index (Phi) is 6.40. The second kappa shape index (κ2) is 9.08. The highest BCUT2D eigenvalue weighted by Gasteiger charge is 2.37. The minimum absolute atomic E-state index is 0.0123. The molecule has 2 fully saturated rings. The maximum absolute atomic E-state index is 14.9. The van der Waals surface area contributed by atoms with Gasteiger partial charge in [0.2, 0.25) is 0 Å². The smallest absolute Gasteiger partial charge is 0.343 e. The minimum Gasteiger partial charge on any atom is -0.423 e. The largest absolute Gasteiger partial charge is 0.423 e. The number of esters is 1. The van der Waals surface area contributed by atoms with E-state index in [9.17, 15) is 22.4 Å². The van der Waals surface area contributed by atoms with E-state index in [1.807, 2.05) is 6.08 Å². The van der Waals surface area contributed by atoms with Gasteiger partial charge < -0.3 is 4.74 Å². The predicted molar refractivity (Wildman–Crippen MR) is 114 cm³/mol. The van der Waals surface area contributed by atoms with Gasteiger partial charge in [-0.15, -0.1) is 6.58 Å². The number of hydrogen-bond acceptors (Lipinski definition) is 2. The molecule has 170 valence electrons. The fourth-order valence-electron chi connectivity index (χ4n) is 5.34. The molecule has 2 nitrogen and oxygen atoms in total. The van der Waals surface area contributed by atoms with Crippen molar-refractivity contribution < 1.29 is 27.1 Å². The van der Waals surface area contributed by atoms with Gasteiger partial charge in [-0.2, -0.15) is 0 Å². The van der Waals surface area contributed by atoms with E-state index in [1.54, 1.807) is 0 Å². The van der Waals surface area contributed by atoms with Crippen LogP contribution >= 0.6 is 0 Å². The first-order valence-electron chi connectivity index (χ1n) is 11.1. The Bertz CT molecular complexity index is 1000. The highest BCUT2D eigenvalue weighted by Crippen LogP contribution is 2.48. The summed E-state index contributed by atoms with van der Waals surface area (Å²) >= 11 is 0. The molecule has 2 aromatic rings. The van der Waals surface area contributed by atoms with Gasteiger partial charge in [-0.1, -0.05) is 6.08 Å². The van der Waals surface area contributed by atoms with E-state index in [1.165, 1.54) is 6.92 Å². The molecule has 0 aliphatic heterocycles. The van der Waals surface area contributed by atoms with E-state index in [0.29, 0.717) is 24.2 Å². The molecular formula is C26H26F4O2. The molecule has 0 aromatic heterocycles. The van der Waals surface area contributed by atoms with Gasteiger partial charge in [0.05, 0.1) is 5.56 Å². The quantitative estimate of drug-likeness (QED) is 0.214. The number of rotatable bonds is 4. The standard InChI is InChI=1S/C26H26F4O2/c1-3-15-4-5-17-9-18(7-6-16(17)8-15)25-23(29)10-19(11-24(25)30)26(31)32-20-12-21(27)14(2)22(28)13-20/h3,10-13,15-18H,1,4-9H2,2H3. The van der Waals surface area contributed by atoms with Crippen LogP contribution in [-0.4, -0.2) is 5.97 Å². The molecule has 0 spiro atoms. The summed E-state index contributed by atoms with van der Waals surface area (Å²) in [4.78, 5) is 12.4. The summed E-state index contributed by atoms with van der Waals surface area (Å²) < 4.78 is 62.2. The highest BCUT2D eigenvalue weighted by molar-refractivity contribution is 5.91. The van der Waals surface area contributed by atoms with Gasteiger partial charge in [0, 0.05) is 23.3 Å². The lowest BCUT2D eigenvalue weighted by molar-refractivity contribution is 0.0732. The summed E-state index contributed by atoms with van der Waals surface area (Å²) in [7, 11) is 0. The number of allylic oxidation sites excluding steroid dienone is 1. The number of ether oxygens (including phenoxy) is 1. The molecule has 0 bridgehead atoms. The lowest BCUT2D eigenvalue weighted by Gasteiger charge is -2.41. The maximum atomic E-state index is 14.9. The normalized spacial score (nSPS) is 25.2. The van der Waals surface area contributed by atoms with Crippen LogP contribution in [0, 0.1) is 47.9 Å². The van der Waals surface area contributed by atoms with Crippen molar-refractivity contribution in [1.82, 2.24) is 0 Å². The first-order chi connectivity index (χ1) is 15.3. The van der Waals surface area contributed by atoms with Crippen LogP contribution in [0.2, 0.25) is 0 Å². The molecule has 4 atom stereocenters. The Balaban J connectivity index is 1.50. The average Bonchev–Trinajstić information content (AvgIpc) is 2.76. The average molecular weight is 446 g/mol. The van der Waals surface area contributed by atoms with Crippen molar-refractivity contribution >= 4 is 5.97 Å². The minimum atomic E-state index is -1.08. The third-order valence-electron chi connectivity index (χ3n) is 7.17. The first-order valence-corrected chi connectivity index (χ1v) is 11.1. The van der Waals surface area contributed by atoms with E-state index in [2.05, 4.69) is 6.58 Å². The first kappa shape index (κ1) is 22.6. The molecule has 0 heterocycles. The zero-order valence-electron chi connectivity index (χ0n) is 18.0. The van der Waals surface area contributed by atoms with Gasteiger partial charge in [-0.05, 0) is 81.3 Å². The summed E-state index contributed by atoms with van der Waals surface area (Å²) in [5.41, 5.74) is -0.539. The van der Waals surface area contributed by atoms with E-state index in [4.69, 9.17) is 4.74 Å². The van der Waals surface area contributed by atoms with Crippen LogP contribution in [0.5, 0.6) is 5.75 Å². The van der Waals surface area contributed by atoms with Crippen molar-refractivity contribution in [2.45, 2.75) is 51.4 Å². The van der Waals surface area contributed by atoms with E-state index in [0.717, 1.165) is 56.4 Å². The number of carbonyl (C=O) groups excluding carboxylic acids is 1. The molecule has 2 aliphatic rings. The highest BCUT2D eigenvalue weighted by atomic mass is 19.1. The second-order valence-electron chi connectivity index (χ2n) is 9.09. The summed E-state index contributed by atoms with van der Waals surface area (Å²) in [5, 5.41) is 0. The Labute approximate surface area is 185 Å². The van der Waals surface area contributed by atoms with Gasteiger partial charge in [0.15, 0.2) is 0 Å². The lowest BCUT2D eigenvalue weighted by atomic mass is 9.64. The van der Waals surface area contributed by atoms with Crippen molar-refractivity contribution in [1.29, 1.82) is 0 Å². The molecule has 0 saturated heterocycles. The number of halogens is 4. The number of benzene rings is 2. The topological polar surface area (TPSA) is 26.3 Å². The van der Waals surface area contributed by atoms with Gasteiger partial charge in [-0.3, -0.25) is 0 Å². The number of fused-ring (bicyclic) bond motifs is 1. The summed E-state index contributed by atoms with van der Waals surface area (Å²) in [6, 6.07) is 3.61. The van der Waals surface area contributed by atoms with Crippen LogP contribution < -0.4 is 4.74 Å². The van der Waals surface area contributed by atoms with Gasteiger partial charge in [0.1, 0.15) is 29.0 Å². The van der Waals surface area contributed by atoms with Crippen LogP contribution in [-0.2, 0) is 0 Å². The zero-order valence-corrected chi connectivity index (χ0v) is 18.0. The molecule has 0 N–H and O–H groups in total. The van der Waals surface area contributed by atoms with Gasteiger partial charge in [-0.25, -0.2) is 22.4 Å². The summed E-state index contributed by atoms with van der Waals surface area (Å²) in [5.74, 6) is -3.47. The Hall–Kier alpha value is -2.63. The zero-order chi connectivity index (χ0) is 23.0. The fraction of sp³-hybridized carbons (Fsp3) is 0.423. The van der Waals surface area contributed by atoms with Crippen molar-refractivity contribution in [3.05, 3.63) is 76.9 Å². The fourth-order valence-corrected chi connectivity index (χ4v) is 5.34. The second-order valence-corrected chi connectivity index (χ2v) is 9.09. The molecule has 32 heavy (non-hydrogen) atoms. The van der Waals surface area contributed by atoms with Crippen LogP contribution in [0.3, 0.4) is 0 Å². The van der Waals surface area contributed by atoms with Crippen molar-refractivity contribution in [2.24, 2.45) is 17.8 Å². The third-order valence-corrected chi connectivity index (χ3v) is 7.17. The van der Waals surface area contributed by atoms with E-state index >= 15 is 0 Å². The third kappa shape index (κ3) is 4.45. The Morgan fingerprint density at radius 3 is 2.12 bits per heavy atom. The summed E-state index contributed by atoms with van der Waals surface area (Å²) in [6.45, 7) is 5.14. The molecule has 4 rings (SSSR count). The van der Waals surface area contributed by atoms with Crippen molar-refractivity contribution in [3.8, 4) is 5.75 Å². The predicted octanol–water partition coefficient (Wildman–Crippen LogP) is 7.26. The molecule has 6 heteroatoms.